The van der Waals surface area contributed by atoms with Crippen LogP contribution in [0.4, 0.5) is 10.7 Å². The molecule has 0 aliphatic carbocycles. The van der Waals surface area contributed by atoms with Crippen LogP contribution in [0.1, 0.15) is 31.2 Å². The summed E-state index contributed by atoms with van der Waals surface area (Å²) in [6.45, 7) is 4.74. The molecule has 0 amide bonds. The van der Waals surface area contributed by atoms with Crippen molar-refractivity contribution >= 4 is 22.0 Å². The molecular formula is C12H18N2O4S. The first-order valence-corrected chi connectivity index (χ1v) is 7.11. The van der Waals surface area contributed by atoms with Crippen molar-refractivity contribution in [3.05, 3.63) is 21.1 Å². The third kappa shape index (κ3) is 2.88. The normalized spacial score (nSPS) is 25.4. The van der Waals surface area contributed by atoms with Crippen LogP contribution in [-0.2, 0) is 0 Å². The second-order valence-electron chi connectivity index (χ2n) is 5.05. The smallest absolute Gasteiger partial charge is 0.304 e. The van der Waals surface area contributed by atoms with E-state index in [-0.39, 0.29) is 17.7 Å². The van der Waals surface area contributed by atoms with E-state index in [2.05, 4.69) is 0 Å². The molecule has 106 valence electrons. The van der Waals surface area contributed by atoms with Gasteiger partial charge in [0.15, 0.2) is 5.00 Å². The first-order chi connectivity index (χ1) is 8.90. The molecule has 3 atom stereocenters. The second kappa shape index (κ2) is 5.44. The van der Waals surface area contributed by atoms with E-state index in [1.54, 1.807) is 6.92 Å². The predicted molar refractivity (Wildman–Crippen MR) is 73.6 cm³/mol. The lowest BCUT2D eigenvalue weighted by molar-refractivity contribution is -0.383. The van der Waals surface area contributed by atoms with Crippen LogP contribution in [0.2, 0.25) is 0 Å². The Morgan fingerprint density at radius 2 is 2.32 bits per heavy atom. The molecule has 0 radical (unpaired) electrons. The van der Waals surface area contributed by atoms with E-state index in [1.807, 2.05) is 11.8 Å². The van der Waals surface area contributed by atoms with Gasteiger partial charge in [-0.1, -0.05) is 6.92 Å². The van der Waals surface area contributed by atoms with Crippen LogP contribution in [0.3, 0.4) is 0 Å². The third-order valence-electron chi connectivity index (χ3n) is 3.47. The molecule has 1 aliphatic rings. The highest BCUT2D eigenvalue weighted by atomic mass is 32.1. The number of anilines is 1. The van der Waals surface area contributed by atoms with Crippen LogP contribution in [0.15, 0.2) is 6.07 Å². The van der Waals surface area contributed by atoms with E-state index in [4.69, 9.17) is 0 Å². The van der Waals surface area contributed by atoms with Crippen molar-refractivity contribution in [3.63, 3.8) is 0 Å². The number of hydrogen-bond acceptors (Lipinski definition) is 6. The van der Waals surface area contributed by atoms with Gasteiger partial charge in [0.05, 0.1) is 17.1 Å². The number of aliphatic hydroxyl groups excluding tert-OH is 2. The Hall–Kier alpha value is -1.18. The summed E-state index contributed by atoms with van der Waals surface area (Å²) < 4.78 is 0. The van der Waals surface area contributed by atoms with Crippen LogP contribution >= 0.6 is 11.3 Å². The second-order valence-corrected chi connectivity index (χ2v) is 6.11. The van der Waals surface area contributed by atoms with Crippen LogP contribution < -0.4 is 4.90 Å². The summed E-state index contributed by atoms with van der Waals surface area (Å²) in [7, 11) is 0. The van der Waals surface area contributed by atoms with Crippen molar-refractivity contribution in [3.8, 4) is 0 Å². The van der Waals surface area contributed by atoms with Crippen LogP contribution in [-0.4, -0.2) is 34.3 Å². The summed E-state index contributed by atoms with van der Waals surface area (Å²) >= 11 is 1.26. The van der Waals surface area contributed by atoms with Gasteiger partial charge >= 0.3 is 5.69 Å². The molecule has 1 aliphatic heterocycles. The Morgan fingerprint density at radius 3 is 2.84 bits per heavy atom. The number of hydrogen-bond donors (Lipinski definition) is 2. The molecule has 0 aromatic carbocycles. The van der Waals surface area contributed by atoms with E-state index in [0.717, 1.165) is 0 Å². The van der Waals surface area contributed by atoms with Gasteiger partial charge in [-0.15, -0.1) is 11.3 Å². The average molecular weight is 286 g/mol. The molecule has 1 aromatic heterocycles. The fourth-order valence-corrected chi connectivity index (χ4v) is 3.37. The average Bonchev–Trinajstić information content (AvgIpc) is 2.78. The summed E-state index contributed by atoms with van der Waals surface area (Å²) in [5, 5.41) is 31.0. The van der Waals surface area contributed by atoms with E-state index in [0.29, 0.717) is 29.4 Å². The molecule has 19 heavy (non-hydrogen) atoms. The van der Waals surface area contributed by atoms with Crippen molar-refractivity contribution in [2.75, 3.05) is 18.0 Å². The molecule has 2 rings (SSSR count). The van der Waals surface area contributed by atoms with Crippen molar-refractivity contribution in [1.82, 2.24) is 0 Å². The predicted octanol–water partition coefficient (Wildman–Crippen LogP) is 1.92. The molecule has 0 spiro atoms. The molecule has 1 aromatic rings. The van der Waals surface area contributed by atoms with Crippen molar-refractivity contribution < 1.29 is 15.1 Å². The quantitative estimate of drug-likeness (QED) is 0.655. The van der Waals surface area contributed by atoms with Gasteiger partial charge in [0.2, 0.25) is 0 Å². The fourth-order valence-electron chi connectivity index (χ4n) is 2.27. The number of nitrogens with zero attached hydrogens (tertiary/aromatic N) is 2. The van der Waals surface area contributed by atoms with E-state index in [9.17, 15) is 20.3 Å². The molecule has 0 saturated carbocycles. The summed E-state index contributed by atoms with van der Waals surface area (Å²) in [6, 6.07) is 1.44. The van der Waals surface area contributed by atoms with E-state index < -0.39 is 11.0 Å². The SMILES string of the molecule is CC1CN(c2sc([C@H](C)O)cc2[N+](=O)[O-])CCC1O. The minimum absolute atomic E-state index is 0.0458. The zero-order valence-electron chi connectivity index (χ0n) is 10.9. The Morgan fingerprint density at radius 1 is 1.63 bits per heavy atom. The number of thiophene rings is 1. The van der Waals surface area contributed by atoms with Gasteiger partial charge in [-0.25, -0.2) is 0 Å². The maximum absolute atomic E-state index is 11.1. The van der Waals surface area contributed by atoms with E-state index in [1.165, 1.54) is 17.4 Å². The summed E-state index contributed by atoms with van der Waals surface area (Å²) in [5.41, 5.74) is 0.0458. The third-order valence-corrected chi connectivity index (χ3v) is 4.82. The number of aliphatic hydroxyl groups is 2. The molecule has 1 fully saturated rings. The van der Waals surface area contributed by atoms with Crippen molar-refractivity contribution in [2.45, 2.75) is 32.5 Å². The molecule has 1 saturated heterocycles. The number of nitro groups is 1. The molecule has 2 unspecified atom stereocenters. The van der Waals surface area contributed by atoms with Gasteiger partial charge in [0.25, 0.3) is 0 Å². The minimum atomic E-state index is -0.703. The Labute approximate surface area is 115 Å². The molecular weight excluding hydrogens is 268 g/mol. The zero-order chi connectivity index (χ0) is 14.2. The van der Waals surface area contributed by atoms with Crippen LogP contribution in [0.25, 0.3) is 0 Å². The highest BCUT2D eigenvalue weighted by molar-refractivity contribution is 7.16. The molecule has 6 nitrogen and oxygen atoms in total. The Balaban J connectivity index is 2.30. The largest absolute Gasteiger partial charge is 0.393 e. The lowest BCUT2D eigenvalue weighted by Gasteiger charge is -2.34. The standard InChI is InChI=1S/C12H18N2O4S/c1-7-6-13(4-3-10(7)16)12-9(14(17)18)5-11(19-12)8(2)15/h5,7-8,10,15-16H,3-4,6H2,1-2H3/t7?,8-,10?/m0/s1. The number of rotatable bonds is 3. The van der Waals surface area contributed by atoms with Gasteiger partial charge < -0.3 is 15.1 Å². The summed E-state index contributed by atoms with van der Waals surface area (Å²) in [6.07, 6.45) is -0.433. The van der Waals surface area contributed by atoms with Gasteiger partial charge in [-0.2, -0.15) is 0 Å². The topological polar surface area (TPSA) is 86.8 Å². The van der Waals surface area contributed by atoms with Gasteiger partial charge in [-0.05, 0) is 19.3 Å². The number of piperidine rings is 1. The van der Waals surface area contributed by atoms with Crippen molar-refractivity contribution in [2.24, 2.45) is 5.92 Å². The first-order valence-electron chi connectivity index (χ1n) is 6.29. The highest BCUT2D eigenvalue weighted by Gasteiger charge is 2.31. The lowest BCUT2D eigenvalue weighted by Crippen LogP contribution is -2.41. The minimum Gasteiger partial charge on any atom is -0.393 e. The lowest BCUT2D eigenvalue weighted by atomic mass is 9.97. The van der Waals surface area contributed by atoms with Gasteiger partial charge in [-0.3, -0.25) is 10.1 Å². The Bertz CT molecular complexity index is 474. The monoisotopic (exact) mass is 286 g/mol. The van der Waals surface area contributed by atoms with Gasteiger partial charge in [0.1, 0.15) is 0 Å². The zero-order valence-corrected chi connectivity index (χ0v) is 11.8. The van der Waals surface area contributed by atoms with Crippen LogP contribution in [0.5, 0.6) is 0 Å². The summed E-state index contributed by atoms with van der Waals surface area (Å²) in [4.78, 5) is 13.2. The maximum Gasteiger partial charge on any atom is 0.304 e. The summed E-state index contributed by atoms with van der Waals surface area (Å²) in [5.74, 6) is 0.0884. The Kier molecular flexibility index (Phi) is 4.07. The first kappa shape index (κ1) is 14.2. The van der Waals surface area contributed by atoms with Crippen molar-refractivity contribution in [1.29, 1.82) is 0 Å². The van der Waals surface area contributed by atoms with E-state index >= 15 is 0 Å². The van der Waals surface area contributed by atoms with Gasteiger partial charge in [0, 0.05) is 24.0 Å². The van der Waals surface area contributed by atoms with Crippen LogP contribution in [0, 0.1) is 16.0 Å². The fraction of sp³-hybridized carbons (Fsp3) is 0.667. The maximum atomic E-state index is 11.1. The molecule has 2 N–H and O–H groups in total. The molecule has 2 heterocycles. The molecule has 0 bridgehead atoms. The highest BCUT2D eigenvalue weighted by Crippen LogP contribution is 2.41. The molecule has 7 heteroatoms.